The number of ether oxygens (including phenoxy) is 3. The van der Waals surface area contributed by atoms with Gasteiger partial charge in [-0.15, -0.1) is 0 Å². The van der Waals surface area contributed by atoms with Crippen molar-refractivity contribution in [1.29, 1.82) is 0 Å². The Morgan fingerprint density at radius 1 is 0.976 bits per heavy atom. The van der Waals surface area contributed by atoms with Gasteiger partial charge in [0.15, 0.2) is 28.8 Å². The Kier molecular flexibility index (Phi) is 6.15. The number of rotatable bonds is 5. The van der Waals surface area contributed by atoms with E-state index in [0.717, 1.165) is 16.7 Å². The minimum absolute atomic E-state index is 0.0608. The molecule has 0 radical (unpaired) electrons. The summed E-state index contributed by atoms with van der Waals surface area (Å²) in [5, 5.41) is 22.3. The number of phenols is 1. The Balaban J connectivity index is 1.26. The third-order valence-electron chi connectivity index (χ3n) is 8.80. The molecule has 8 heteroatoms. The van der Waals surface area contributed by atoms with Crippen molar-refractivity contribution in [2.45, 2.75) is 32.8 Å². The number of aromatic hydroxyl groups is 1. The number of hydrogen-bond donors (Lipinski definition) is 2. The maximum atomic E-state index is 13.9. The van der Waals surface area contributed by atoms with Crippen LogP contribution in [0.25, 0.3) is 11.1 Å². The molecule has 2 N–H and O–H groups in total. The van der Waals surface area contributed by atoms with Crippen LogP contribution in [-0.4, -0.2) is 34.4 Å². The molecule has 1 aliphatic heterocycles. The molecule has 8 nitrogen and oxygen atoms in total. The number of ketones is 3. The molecule has 0 saturated heterocycles. The number of allylic oxidation sites excluding steroid dienone is 4. The summed E-state index contributed by atoms with van der Waals surface area (Å²) in [5.41, 5.74) is 3.38. The largest absolute Gasteiger partial charge is 0.511 e. The first-order valence-corrected chi connectivity index (χ1v) is 14.0. The lowest BCUT2D eigenvalue weighted by molar-refractivity contribution is -0.126. The summed E-state index contributed by atoms with van der Waals surface area (Å²) < 4.78 is 17.0. The molecule has 0 saturated carbocycles. The van der Waals surface area contributed by atoms with Crippen molar-refractivity contribution >= 4 is 17.3 Å². The van der Waals surface area contributed by atoms with Crippen molar-refractivity contribution in [1.82, 2.24) is 0 Å². The van der Waals surface area contributed by atoms with Gasteiger partial charge in [-0.2, -0.15) is 0 Å². The molecule has 0 fully saturated rings. The van der Waals surface area contributed by atoms with Crippen LogP contribution in [0.1, 0.15) is 41.3 Å². The van der Waals surface area contributed by atoms with Gasteiger partial charge in [0, 0.05) is 12.0 Å². The summed E-state index contributed by atoms with van der Waals surface area (Å²) in [4.78, 5) is 40.3. The van der Waals surface area contributed by atoms with Crippen LogP contribution in [-0.2, 0) is 27.4 Å². The van der Waals surface area contributed by atoms with Crippen LogP contribution in [0.4, 0.5) is 0 Å². The minimum atomic E-state index is -1.01. The second-order valence-electron chi connectivity index (χ2n) is 11.3. The monoisotopic (exact) mass is 564 g/mol. The molecule has 0 aromatic heterocycles. The first kappa shape index (κ1) is 26.1. The van der Waals surface area contributed by atoms with Crippen molar-refractivity contribution in [2.75, 3.05) is 6.79 Å². The minimum Gasteiger partial charge on any atom is -0.511 e. The molecule has 0 spiro atoms. The molecular formula is C34H28O8. The Morgan fingerprint density at radius 2 is 1.76 bits per heavy atom. The number of aliphatic hydroxyl groups excluding tert-OH is 1. The van der Waals surface area contributed by atoms with E-state index in [4.69, 9.17) is 14.2 Å². The van der Waals surface area contributed by atoms with Crippen LogP contribution in [0.15, 0.2) is 83.3 Å². The van der Waals surface area contributed by atoms with Gasteiger partial charge in [0.2, 0.25) is 6.79 Å². The SMILES string of the molecule is CC(=O)C1=C(OCc2ccccc2)CC2CC3Cc4c(-c5ccc6c(c5)OCO6)ccc(O)c4C(=O)C3=C(O)C2C1=O. The Bertz CT molecular complexity index is 1730. The van der Waals surface area contributed by atoms with E-state index in [9.17, 15) is 24.6 Å². The molecule has 0 amide bonds. The Hall–Kier alpha value is -4.85. The smallest absolute Gasteiger partial charge is 0.231 e. The highest BCUT2D eigenvalue weighted by Crippen LogP contribution is 2.51. The van der Waals surface area contributed by atoms with Gasteiger partial charge in [0.1, 0.15) is 23.9 Å². The van der Waals surface area contributed by atoms with Crippen LogP contribution in [0.2, 0.25) is 0 Å². The van der Waals surface area contributed by atoms with E-state index in [2.05, 4.69) is 0 Å². The molecule has 0 bridgehead atoms. The second-order valence-corrected chi connectivity index (χ2v) is 11.3. The Labute approximate surface area is 241 Å². The maximum Gasteiger partial charge on any atom is 0.231 e. The number of benzene rings is 3. The van der Waals surface area contributed by atoms with Gasteiger partial charge >= 0.3 is 0 Å². The lowest BCUT2D eigenvalue weighted by Crippen LogP contribution is -2.42. The average Bonchev–Trinajstić information content (AvgIpc) is 3.44. The van der Waals surface area contributed by atoms with E-state index in [1.165, 1.54) is 13.0 Å². The summed E-state index contributed by atoms with van der Waals surface area (Å²) in [6.45, 7) is 1.66. The average molecular weight is 565 g/mol. The van der Waals surface area contributed by atoms with Gasteiger partial charge in [-0.3, -0.25) is 14.4 Å². The number of carbonyl (C=O) groups is 3. The van der Waals surface area contributed by atoms with E-state index in [0.29, 0.717) is 42.1 Å². The van der Waals surface area contributed by atoms with E-state index < -0.39 is 23.3 Å². The van der Waals surface area contributed by atoms with Gasteiger partial charge in [-0.1, -0.05) is 42.5 Å². The van der Waals surface area contributed by atoms with Crippen LogP contribution in [0, 0.1) is 17.8 Å². The van der Waals surface area contributed by atoms with Gasteiger partial charge in [-0.05, 0) is 72.1 Å². The van der Waals surface area contributed by atoms with Gasteiger partial charge in [0.05, 0.1) is 17.1 Å². The van der Waals surface area contributed by atoms with Crippen LogP contribution < -0.4 is 9.47 Å². The van der Waals surface area contributed by atoms with Crippen LogP contribution in [0.5, 0.6) is 17.2 Å². The summed E-state index contributed by atoms with van der Waals surface area (Å²) in [6.07, 6.45) is 1.13. The zero-order valence-corrected chi connectivity index (χ0v) is 22.9. The van der Waals surface area contributed by atoms with E-state index in [1.54, 1.807) is 6.07 Å². The zero-order valence-electron chi connectivity index (χ0n) is 22.9. The van der Waals surface area contributed by atoms with Crippen LogP contribution in [0.3, 0.4) is 0 Å². The van der Waals surface area contributed by atoms with E-state index in [1.807, 2.05) is 48.5 Å². The molecular weight excluding hydrogens is 536 g/mol. The van der Waals surface area contributed by atoms with Gasteiger partial charge < -0.3 is 24.4 Å². The highest BCUT2D eigenvalue weighted by Gasteiger charge is 2.50. The summed E-state index contributed by atoms with van der Waals surface area (Å²) in [7, 11) is 0. The first-order valence-electron chi connectivity index (χ1n) is 14.0. The van der Waals surface area contributed by atoms with Crippen molar-refractivity contribution in [3.05, 3.63) is 100 Å². The van der Waals surface area contributed by atoms with E-state index >= 15 is 0 Å². The number of hydrogen-bond acceptors (Lipinski definition) is 8. The van der Waals surface area contributed by atoms with Crippen LogP contribution >= 0.6 is 0 Å². The fourth-order valence-corrected chi connectivity index (χ4v) is 6.94. The fourth-order valence-electron chi connectivity index (χ4n) is 6.94. The molecule has 42 heavy (non-hydrogen) atoms. The quantitative estimate of drug-likeness (QED) is 0.383. The predicted octanol–water partition coefficient (Wildman–Crippen LogP) is 5.62. The fraction of sp³-hybridized carbons (Fsp3) is 0.265. The number of Topliss-reactive ketones (excluding diaryl/α,β-unsaturated/α-hetero) is 3. The highest BCUT2D eigenvalue weighted by atomic mass is 16.7. The first-order chi connectivity index (χ1) is 20.3. The molecule has 1 heterocycles. The summed E-state index contributed by atoms with van der Waals surface area (Å²) in [5.74, 6) is -2.10. The van der Waals surface area contributed by atoms with E-state index in [-0.39, 0.29) is 53.5 Å². The van der Waals surface area contributed by atoms with Gasteiger partial charge in [-0.25, -0.2) is 0 Å². The normalized spacial score (nSPS) is 22.5. The summed E-state index contributed by atoms with van der Waals surface area (Å²) in [6, 6.07) is 18.3. The molecule has 212 valence electrons. The standard InChI is InChI=1S/C34H28O8/c1-17(35)28-27(40-15-18-5-3-2-4-6-18)14-21-11-20-12-23-22(19-7-10-25-26(13-19)42-16-41-25)8-9-24(36)31(23)34(39)29(20)33(38)30(21)32(28)37/h2-10,13,20-21,30,36,38H,11-12,14-16H2,1H3. The molecule has 4 aliphatic rings. The summed E-state index contributed by atoms with van der Waals surface area (Å²) >= 11 is 0. The van der Waals surface area contributed by atoms with Crippen molar-refractivity contribution in [2.24, 2.45) is 17.8 Å². The Morgan fingerprint density at radius 3 is 2.55 bits per heavy atom. The molecule has 3 aromatic carbocycles. The molecule has 7 rings (SSSR count). The zero-order chi connectivity index (χ0) is 29.1. The number of carbonyl (C=O) groups excluding carboxylic acids is 3. The molecule has 3 atom stereocenters. The third-order valence-corrected chi connectivity index (χ3v) is 8.80. The highest BCUT2D eigenvalue weighted by molar-refractivity contribution is 6.22. The molecule has 3 unspecified atom stereocenters. The van der Waals surface area contributed by atoms with Crippen molar-refractivity contribution in [3.63, 3.8) is 0 Å². The van der Waals surface area contributed by atoms with Gasteiger partial charge in [0.25, 0.3) is 0 Å². The lowest BCUT2D eigenvalue weighted by Gasteiger charge is -2.41. The number of fused-ring (bicyclic) bond motifs is 4. The molecule has 3 aliphatic carbocycles. The topological polar surface area (TPSA) is 119 Å². The van der Waals surface area contributed by atoms with Crippen molar-refractivity contribution < 1.29 is 38.8 Å². The number of aliphatic hydroxyl groups is 1. The molecule has 3 aromatic rings. The second kappa shape index (κ2) is 9.91. The third kappa shape index (κ3) is 4.09. The number of phenolic OH excluding ortho intramolecular Hbond substituents is 1. The predicted molar refractivity (Wildman–Crippen MR) is 151 cm³/mol. The maximum absolute atomic E-state index is 13.9. The van der Waals surface area contributed by atoms with Crippen molar-refractivity contribution in [3.8, 4) is 28.4 Å². The lowest BCUT2D eigenvalue weighted by atomic mass is 9.62.